The zero-order valence-corrected chi connectivity index (χ0v) is 15.0. The maximum atomic E-state index is 13.2. The van der Waals surface area contributed by atoms with Gasteiger partial charge in [0.1, 0.15) is 11.4 Å². The Morgan fingerprint density at radius 2 is 1.69 bits per heavy atom. The van der Waals surface area contributed by atoms with E-state index in [1.54, 1.807) is 0 Å². The second kappa shape index (κ2) is 7.13. The average molecular weight is 438 g/mol. The van der Waals surface area contributed by atoms with Crippen LogP contribution in [0.15, 0.2) is 29.6 Å². The normalized spacial score (nSPS) is 12.3. The van der Waals surface area contributed by atoms with Gasteiger partial charge in [-0.3, -0.25) is 14.8 Å². The van der Waals surface area contributed by atoms with E-state index in [2.05, 4.69) is 10.1 Å². The molecule has 0 aliphatic heterocycles. The minimum atomic E-state index is -5.28. The first-order valence-electron chi connectivity index (χ1n) is 7.62. The molecule has 1 N–H and O–H groups in total. The van der Waals surface area contributed by atoms with Crippen LogP contribution in [0.25, 0.3) is 11.3 Å². The number of hydrogen-bond donors (Lipinski definition) is 1. The number of nitrogens with one attached hydrogen (secondary N) is 1. The molecule has 2 aromatic heterocycles. The van der Waals surface area contributed by atoms with E-state index in [0.29, 0.717) is 12.6 Å². The topological polar surface area (TPSA) is 59.8 Å². The van der Waals surface area contributed by atoms with Crippen LogP contribution in [0.5, 0.6) is 0 Å². The molecule has 0 radical (unpaired) electrons. The fourth-order valence-electron chi connectivity index (χ4n) is 2.51. The predicted octanol–water partition coefficient (Wildman–Crippen LogP) is 4.97. The third kappa shape index (κ3) is 4.23. The lowest BCUT2D eigenvalue weighted by molar-refractivity contribution is -0.144. The number of halogens is 7. The van der Waals surface area contributed by atoms with E-state index in [0.717, 1.165) is 23.5 Å². The fourth-order valence-corrected chi connectivity index (χ4v) is 3.22. The summed E-state index contributed by atoms with van der Waals surface area (Å²) in [5.41, 5.74) is -4.75. The molecular weight excluding hydrogens is 429 g/mol. The zero-order chi connectivity index (χ0) is 21.6. The van der Waals surface area contributed by atoms with Crippen molar-refractivity contribution < 1.29 is 35.5 Å². The maximum Gasteiger partial charge on any atom is 0.435 e. The van der Waals surface area contributed by atoms with E-state index in [1.165, 1.54) is 17.5 Å². The van der Waals surface area contributed by atoms with E-state index in [9.17, 15) is 35.5 Å². The lowest BCUT2D eigenvalue weighted by Gasteiger charge is -2.10. The number of aromatic nitrogens is 3. The van der Waals surface area contributed by atoms with E-state index in [-0.39, 0.29) is 15.5 Å². The standard InChI is InChI=1S/C16H9F7N4OS/c1-27-12(16(21,22)23)10(11(26-27)15(18,19)20)13(28)25-14-24-9(6-29-14)7-2-4-8(17)5-3-7/h2-6H,1H3,(H,24,25,28). The Bertz CT molecular complexity index is 1050. The molecule has 1 amide bonds. The molecule has 3 rings (SSSR count). The fraction of sp³-hybridized carbons (Fsp3) is 0.188. The first-order valence-corrected chi connectivity index (χ1v) is 8.50. The predicted molar refractivity (Wildman–Crippen MR) is 88.7 cm³/mol. The summed E-state index contributed by atoms with van der Waals surface area (Å²) in [4.78, 5) is 16.2. The molecule has 0 aliphatic rings. The third-order valence-corrected chi connectivity index (χ3v) is 4.43. The lowest BCUT2D eigenvalue weighted by Crippen LogP contribution is -2.22. The second-order valence-electron chi connectivity index (χ2n) is 5.69. The molecule has 0 unspecified atom stereocenters. The molecule has 1 aromatic carbocycles. The van der Waals surface area contributed by atoms with Crippen LogP contribution in [0.3, 0.4) is 0 Å². The van der Waals surface area contributed by atoms with Crippen LogP contribution in [0.4, 0.5) is 35.9 Å². The summed E-state index contributed by atoms with van der Waals surface area (Å²) in [5, 5.41) is 5.94. The van der Waals surface area contributed by atoms with Gasteiger partial charge in [-0.05, 0) is 24.3 Å². The summed E-state index contributed by atoms with van der Waals surface area (Å²) in [7, 11) is 0.658. The Hall–Kier alpha value is -2.96. The van der Waals surface area contributed by atoms with Gasteiger partial charge in [-0.2, -0.15) is 31.4 Å². The lowest BCUT2D eigenvalue weighted by atomic mass is 10.1. The monoisotopic (exact) mass is 438 g/mol. The highest BCUT2D eigenvalue weighted by molar-refractivity contribution is 7.14. The van der Waals surface area contributed by atoms with Gasteiger partial charge < -0.3 is 0 Å². The average Bonchev–Trinajstić information content (AvgIpc) is 3.19. The molecule has 154 valence electrons. The summed E-state index contributed by atoms with van der Waals surface area (Å²) in [5.74, 6) is -2.16. The first-order chi connectivity index (χ1) is 13.4. The van der Waals surface area contributed by atoms with Gasteiger partial charge in [-0.1, -0.05) is 0 Å². The number of alkyl halides is 6. The minimum Gasteiger partial charge on any atom is -0.298 e. The molecule has 0 spiro atoms. The highest BCUT2D eigenvalue weighted by Gasteiger charge is 2.48. The number of thiazole rings is 1. The molecule has 0 atom stereocenters. The van der Waals surface area contributed by atoms with Gasteiger partial charge >= 0.3 is 12.4 Å². The second-order valence-corrected chi connectivity index (χ2v) is 6.55. The number of benzene rings is 1. The number of rotatable bonds is 3. The third-order valence-electron chi connectivity index (χ3n) is 3.68. The number of carbonyl (C=O) groups is 1. The Morgan fingerprint density at radius 1 is 1.07 bits per heavy atom. The zero-order valence-electron chi connectivity index (χ0n) is 14.2. The molecule has 3 aromatic rings. The largest absolute Gasteiger partial charge is 0.435 e. The van der Waals surface area contributed by atoms with Crippen LogP contribution in [0.2, 0.25) is 0 Å². The summed E-state index contributed by atoms with van der Waals surface area (Å²) < 4.78 is 91.9. The van der Waals surface area contributed by atoms with Crippen molar-refractivity contribution in [2.75, 3.05) is 5.32 Å². The van der Waals surface area contributed by atoms with E-state index in [4.69, 9.17) is 0 Å². The quantitative estimate of drug-likeness (QED) is 0.588. The SMILES string of the molecule is Cn1nc(C(F)(F)F)c(C(=O)Nc2nc(-c3ccc(F)cc3)cs2)c1C(F)(F)F. The Balaban J connectivity index is 1.96. The van der Waals surface area contributed by atoms with Crippen molar-refractivity contribution in [1.29, 1.82) is 0 Å². The van der Waals surface area contributed by atoms with Crippen LogP contribution in [-0.4, -0.2) is 20.7 Å². The van der Waals surface area contributed by atoms with Crippen molar-refractivity contribution in [2.45, 2.75) is 12.4 Å². The van der Waals surface area contributed by atoms with Crippen molar-refractivity contribution in [2.24, 2.45) is 7.05 Å². The van der Waals surface area contributed by atoms with Crippen molar-refractivity contribution in [3.63, 3.8) is 0 Å². The van der Waals surface area contributed by atoms with Gasteiger partial charge in [-0.25, -0.2) is 9.37 Å². The van der Waals surface area contributed by atoms with Crippen LogP contribution in [-0.2, 0) is 19.4 Å². The maximum absolute atomic E-state index is 13.2. The molecule has 5 nitrogen and oxygen atoms in total. The molecule has 0 fully saturated rings. The van der Waals surface area contributed by atoms with Gasteiger partial charge in [0.25, 0.3) is 5.91 Å². The number of aryl methyl sites for hydroxylation is 1. The molecule has 0 bridgehead atoms. The van der Waals surface area contributed by atoms with Crippen molar-refractivity contribution in [3.8, 4) is 11.3 Å². The van der Waals surface area contributed by atoms with Crippen LogP contribution in [0, 0.1) is 5.82 Å². The van der Waals surface area contributed by atoms with Gasteiger partial charge in [0.05, 0.1) is 5.69 Å². The van der Waals surface area contributed by atoms with Crippen molar-refractivity contribution in [1.82, 2.24) is 14.8 Å². The number of amides is 1. The summed E-state index contributed by atoms with van der Waals surface area (Å²) in [6.07, 6.45) is -10.5. The van der Waals surface area contributed by atoms with Crippen LogP contribution < -0.4 is 5.32 Å². The Labute approximate surface area is 161 Å². The highest BCUT2D eigenvalue weighted by atomic mass is 32.1. The number of anilines is 1. The van der Waals surface area contributed by atoms with Crippen molar-refractivity contribution >= 4 is 22.4 Å². The summed E-state index contributed by atoms with van der Waals surface area (Å²) in [6, 6.07) is 5.04. The number of nitrogens with zero attached hydrogens (tertiary/aromatic N) is 3. The smallest absolute Gasteiger partial charge is 0.298 e. The van der Waals surface area contributed by atoms with Gasteiger partial charge in [0.15, 0.2) is 16.5 Å². The van der Waals surface area contributed by atoms with Crippen LogP contribution >= 0.6 is 11.3 Å². The molecule has 0 saturated heterocycles. The van der Waals surface area contributed by atoms with Gasteiger partial charge in [0.2, 0.25) is 0 Å². The van der Waals surface area contributed by atoms with Crippen molar-refractivity contribution in [3.05, 3.63) is 52.4 Å². The number of hydrogen-bond acceptors (Lipinski definition) is 4. The Kier molecular flexibility index (Phi) is 5.11. The molecule has 2 heterocycles. The van der Waals surface area contributed by atoms with Gasteiger partial charge in [0, 0.05) is 18.0 Å². The van der Waals surface area contributed by atoms with Crippen LogP contribution in [0.1, 0.15) is 21.7 Å². The van der Waals surface area contributed by atoms with E-state index in [1.807, 2.05) is 5.32 Å². The first kappa shape index (κ1) is 20.8. The van der Waals surface area contributed by atoms with E-state index >= 15 is 0 Å². The molecule has 29 heavy (non-hydrogen) atoms. The summed E-state index contributed by atoms with van der Waals surface area (Å²) >= 11 is 0.779. The molecule has 13 heteroatoms. The molecule has 0 saturated carbocycles. The molecule has 0 aliphatic carbocycles. The highest BCUT2D eigenvalue weighted by Crippen LogP contribution is 2.39. The van der Waals surface area contributed by atoms with E-state index < -0.39 is 41.0 Å². The minimum absolute atomic E-state index is 0.0382. The Morgan fingerprint density at radius 3 is 2.24 bits per heavy atom. The number of carbonyl (C=O) groups excluding carboxylic acids is 1. The van der Waals surface area contributed by atoms with Gasteiger partial charge in [-0.15, -0.1) is 11.3 Å². The molecular formula is C16H9F7N4OS. The summed E-state index contributed by atoms with van der Waals surface area (Å²) in [6.45, 7) is 0.